The fourth-order valence-electron chi connectivity index (χ4n) is 3.76. The van der Waals surface area contributed by atoms with Crippen molar-refractivity contribution in [3.63, 3.8) is 0 Å². The Morgan fingerprint density at radius 1 is 0.969 bits per heavy atom. The Morgan fingerprint density at radius 3 is 2.31 bits per heavy atom. The van der Waals surface area contributed by atoms with Gasteiger partial charge in [0, 0.05) is 43.7 Å². The van der Waals surface area contributed by atoms with E-state index in [0.717, 1.165) is 28.7 Å². The molecule has 0 spiro atoms. The molecule has 6 heteroatoms. The van der Waals surface area contributed by atoms with Gasteiger partial charge in [-0.1, -0.05) is 37.3 Å². The minimum atomic E-state index is -0.314. The molecule has 162 valence electrons. The first kappa shape index (κ1) is 21.4. The zero-order valence-electron chi connectivity index (χ0n) is 18.2. The van der Waals surface area contributed by atoms with Crippen molar-refractivity contribution in [1.29, 1.82) is 0 Å². The molecule has 0 radical (unpaired) electrons. The van der Waals surface area contributed by atoms with Gasteiger partial charge in [0.1, 0.15) is 17.2 Å². The molecule has 0 aliphatic rings. The van der Waals surface area contributed by atoms with Crippen molar-refractivity contribution in [3.05, 3.63) is 96.2 Å². The van der Waals surface area contributed by atoms with Gasteiger partial charge in [0.2, 0.25) is 0 Å². The summed E-state index contributed by atoms with van der Waals surface area (Å²) < 4.78 is 15.4. The SMILES string of the molecule is CCCn1nc(-c2ccc(F)cc2)c(-c2ccncc2)c1C(=O)N(C)Cc1ccccc1. The number of halogens is 1. The lowest BCUT2D eigenvalue weighted by molar-refractivity contribution is 0.0773. The van der Waals surface area contributed by atoms with Gasteiger partial charge < -0.3 is 4.90 Å². The van der Waals surface area contributed by atoms with Gasteiger partial charge in [-0.15, -0.1) is 0 Å². The molecule has 0 bridgehead atoms. The summed E-state index contributed by atoms with van der Waals surface area (Å²) in [5, 5.41) is 4.81. The highest BCUT2D eigenvalue weighted by molar-refractivity contribution is 6.03. The fourth-order valence-corrected chi connectivity index (χ4v) is 3.76. The number of pyridine rings is 1. The fraction of sp³-hybridized carbons (Fsp3) is 0.192. The molecule has 0 saturated heterocycles. The normalized spacial score (nSPS) is 10.8. The van der Waals surface area contributed by atoms with Crippen LogP contribution >= 0.6 is 0 Å². The Balaban J connectivity index is 1.86. The summed E-state index contributed by atoms with van der Waals surface area (Å²) in [6.07, 6.45) is 4.22. The topological polar surface area (TPSA) is 51.0 Å². The lowest BCUT2D eigenvalue weighted by Crippen LogP contribution is -2.29. The number of aryl methyl sites for hydroxylation is 1. The molecule has 0 N–H and O–H groups in total. The molecule has 5 nitrogen and oxygen atoms in total. The highest BCUT2D eigenvalue weighted by atomic mass is 19.1. The summed E-state index contributed by atoms with van der Waals surface area (Å²) in [5.74, 6) is -0.430. The molecule has 2 aromatic heterocycles. The monoisotopic (exact) mass is 428 g/mol. The lowest BCUT2D eigenvalue weighted by atomic mass is 9.99. The highest BCUT2D eigenvalue weighted by Gasteiger charge is 2.27. The third kappa shape index (κ3) is 4.44. The van der Waals surface area contributed by atoms with Crippen LogP contribution in [0.2, 0.25) is 0 Å². The third-order valence-electron chi connectivity index (χ3n) is 5.29. The predicted octanol–water partition coefficient (Wildman–Crippen LogP) is 5.43. The number of carbonyl (C=O) groups excluding carboxylic acids is 1. The van der Waals surface area contributed by atoms with Crippen LogP contribution in [0.5, 0.6) is 0 Å². The van der Waals surface area contributed by atoms with E-state index in [1.165, 1.54) is 12.1 Å². The van der Waals surface area contributed by atoms with E-state index in [1.807, 2.05) is 49.4 Å². The molecule has 1 amide bonds. The van der Waals surface area contributed by atoms with E-state index in [9.17, 15) is 9.18 Å². The molecular formula is C26H25FN4O. The van der Waals surface area contributed by atoms with Crippen LogP contribution in [0.1, 0.15) is 29.4 Å². The van der Waals surface area contributed by atoms with E-state index in [2.05, 4.69) is 4.98 Å². The molecule has 4 rings (SSSR count). The summed E-state index contributed by atoms with van der Waals surface area (Å²) >= 11 is 0. The highest BCUT2D eigenvalue weighted by Crippen LogP contribution is 2.35. The maximum Gasteiger partial charge on any atom is 0.272 e. The standard InChI is InChI=1S/C26H25FN4O/c1-3-17-31-25(26(32)30(2)18-19-7-5-4-6-8-19)23(20-13-15-28-16-14-20)24(29-31)21-9-11-22(27)12-10-21/h4-16H,3,17-18H2,1-2H3. The molecule has 2 aromatic carbocycles. The molecule has 2 heterocycles. The number of aromatic nitrogens is 3. The van der Waals surface area contributed by atoms with Crippen LogP contribution in [-0.2, 0) is 13.1 Å². The van der Waals surface area contributed by atoms with Crippen LogP contribution in [-0.4, -0.2) is 32.6 Å². The van der Waals surface area contributed by atoms with Gasteiger partial charge in [-0.2, -0.15) is 5.10 Å². The van der Waals surface area contributed by atoms with E-state index < -0.39 is 0 Å². The molecule has 0 unspecified atom stereocenters. The van der Waals surface area contributed by atoms with Gasteiger partial charge in [-0.3, -0.25) is 14.5 Å². The first-order chi connectivity index (χ1) is 15.6. The van der Waals surface area contributed by atoms with Crippen LogP contribution in [0.25, 0.3) is 22.4 Å². The van der Waals surface area contributed by atoms with Crippen molar-refractivity contribution in [2.24, 2.45) is 0 Å². The number of carbonyl (C=O) groups is 1. The number of rotatable bonds is 7. The lowest BCUT2D eigenvalue weighted by Gasteiger charge is -2.19. The molecule has 0 saturated carbocycles. The van der Waals surface area contributed by atoms with Crippen LogP contribution in [0.15, 0.2) is 79.1 Å². The molecule has 32 heavy (non-hydrogen) atoms. The maximum absolute atomic E-state index is 13.7. The number of benzene rings is 2. The Labute approximate surface area is 187 Å². The Hall–Kier alpha value is -3.80. The summed E-state index contributed by atoms with van der Waals surface area (Å²) in [5.41, 5.74) is 4.56. The number of hydrogen-bond donors (Lipinski definition) is 0. The molecule has 0 atom stereocenters. The first-order valence-electron chi connectivity index (χ1n) is 10.6. The van der Waals surface area contributed by atoms with E-state index in [-0.39, 0.29) is 11.7 Å². The molecule has 0 fully saturated rings. The second kappa shape index (κ2) is 9.56. The van der Waals surface area contributed by atoms with Crippen molar-refractivity contribution in [2.75, 3.05) is 7.05 Å². The zero-order valence-corrected chi connectivity index (χ0v) is 18.2. The van der Waals surface area contributed by atoms with Gasteiger partial charge in [0.25, 0.3) is 5.91 Å². The van der Waals surface area contributed by atoms with Crippen LogP contribution in [0, 0.1) is 5.82 Å². The van der Waals surface area contributed by atoms with Crippen molar-refractivity contribution < 1.29 is 9.18 Å². The Kier molecular flexibility index (Phi) is 6.40. The van der Waals surface area contributed by atoms with Crippen LogP contribution in [0.3, 0.4) is 0 Å². The van der Waals surface area contributed by atoms with E-state index in [0.29, 0.717) is 24.5 Å². The zero-order chi connectivity index (χ0) is 22.5. The number of amides is 1. The summed E-state index contributed by atoms with van der Waals surface area (Å²) in [7, 11) is 1.80. The molecular weight excluding hydrogens is 403 g/mol. The number of nitrogens with zero attached hydrogens (tertiary/aromatic N) is 4. The van der Waals surface area contributed by atoms with Gasteiger partial charge >= 0.3 is 0 Å². The largest absolute Gasteiger partial charge is 0.336 e. The summed E-state index contributed by atoms with van der Waals surface area (Å²) in [6, 6.07) is 19.8. The van der Waals surface area contributed by atoms with E-state index >= 15 is 0 Å². The second-order valence-corrected chi connectivity index (χ2v) is 7.68. The van der Waals surface area contributed by atoms with E-state index in [4.69, 9.17) is 5.10 Å². The minimum Gasteiger partial charge on any atom is -0.336 e. The van der Waals surface area contributed by atoms with E-state index in [1.54, 1.807) is 41.2 Å². The van der Waals surface area contributed by atoms with Gasteiger partial charge in [-0.05, 0) is 53.9 Å². The van der Waals surface area contributed by atoms with Crippen molar-refractivity contribution in [1.82, 2.24) is 19.7 Å². The van der Waals surface area contributed by atoms with Crippen LogP contribution in [0.4, 0.5) is 4.39 Å². The second-order valence-electron chi connectivity index (χ2n) is 7.68. The molecule has 0 aliphatic heterocycles. The summed E-state index contributed by atoms with van der Waals surface area (Å²) in [4.78, 5) is 19.6. The average molecular weight is 429 g/mol. The van der Waals surface area contributed by atoms with Gasteiger partial charge in [-0.25, -0.2) is 4.39 Å². The van der Waals surface area contributed by atoms with Crippen LogP contribution < -0.4 is 0 Å². The average Bonchev–Trinajstić information content (AvgIpc) is 3.19. The smallest absolute Gasteiger partial charge is 0.272 e. The van der Waals surface area contributed by atoms with Crippen molar-refractivity contribution >= 4 is 5.91 Å². The van der Waals surface area contributed by atoms with Crippen molar-refractivity contribution in [3.8, 4) is 22.4 Å². The number of hydrogen-bond acceptors (Lipinski definition) is 3. The predicted molar refractivity (Wildman–Crippen MR) is 123 cm³/mol. The quantitative estimate of drug-likeness (QED) is 0.394. The molecule has 4 aromatic rings. The molecule has 0 aliphatic carbocycles. The first-order valence-corrected chi connectivity index (χ1v) is 10.6. The Bertz CT molecular complexity index is 1190. The summed E-state index contributed by atoms with van der Waals surface area (Å²) in [6.45, 7) is 3.13. The Morgan fingerprint density at radius 2 is 1.66 bits per heavy atom. The minimum absolute atomic E-state index is 0.116. The van der Waals surface area contributed by atoms with Gasteiger partial charge in [0.15, 0.2) is 0 Å². The maximum atomic E-state index is 13.7. The van der Waals surface area contributed by atoms with Crippen molar-refractivity contribution in [2.45, 2.75) is 26.4 Å². The van der Waals surface area contributed by atoms with Gasteiger partial charge in [0.05, 0.1) is 0 Å². The third-order valence-corrected chi connectivity index (χ3v) is 5.29.